The van der Waals surface area contributed by atoms with Crippen LogP contribution in [0.2, 0.25) is 0 Å². The number of esters is 4. The maximum atomic E-state index is 14.9. The summed E-state index contributed by atoms with van der Waals surface area (Å²) in [7, 11) is 1.39. The Bertz CT molecular complexity index is 3480. The Kier molecular flexibility index (Phi) is 19.7. The molecule has 13 atom stereocenters. The van der Waals surface area contributed by atoms with Crippen LogP contribution in [0.15, 0.2) is 132 Å². The molecule has 5 aromatic rings. The fourth-order valence-corrected chi connectivity index (χ4v) is 10.6. The normalized spacial score (nSPS) is 28.3. The van der Waals surface area contributed by atoms with Gasteiger partial charge < -0.3 is 68.7 Å². The lowest BCUT2D eigenvalue weighted by molar-refractivity contribution is -0.160. The van der Waals surface area contributed by atoms with E-state index in [1.807, 2.05) is 0 Å². The number of aromatic hydroxyl groups is 3. The van der Waals surface area contributed by atoms with Crippen molar-refractivity contribution < 1.29 is 92.2 Å². The molecule has 22 nitrogen and oxygen atoms in total. The Morgan fingerprint density at radius 1 is 0.721 bits per heavy atom. The number of nitrogens with one attached hydrogen (secondary N) is 2. The van der Waals surface area contributed by atoms with Gasteiger partial charge in [-0.25, -0.2) is 14.4 Å². The van der Waals surface area contributed by atoms with Crippen LogP contribution in [0.4, 0.5) is 5.69 Å². The van der Waals surface area contributed by atoms with Crippen LogP contribution in [0.5, 0.6) is 23.0 Å². The van der Waals surface area contributed by atoms with Gasteiger partial charge in [0, 0.05) is 61.2 Å². The van der Waals surface area contributed by atoms with Gasteiger partial charge in [0.25, 0.3) is 11.7 Å². The minimum absolute atomic E-state index is 0.0152. The summed E-state index contributed by atoms with van der Waals surface area (Å²) in [5.74, 6) is -12.6. The number of benzene rings is 5. The van der Waals surface area contributed by atoms with E-state index in [0.717, 1.165) is 12.5 Å². The highest BCUT2D eigenvalue weighted by Crippen LogP contribution is 2.55. The molecule has 1 amide bonds. The Balaban J connectivity index is 1.24. The number of ketones is 1. The van der Waals surface area contributed by atoms with Gasteiger partial charge >= 0.3 is 29.7 Å². The maximum Gasteiger partial charge on any atom is 0.338 e. The predicted octanol–water partition coefficient (Wildman–Crippen LogP) is 7.71. The molecule has 0 aliphatic carbocycles. The van der Waals surface area contributed by atoms with E-state index in [1.165, 1.54) is 89.4 Å². The summed E-state index contributed by atoms with van der Waals surface area (Å²) >= 11 is 0. The number of amides is 1. The number of hydrazone groups is 1. The minimum atomic E-state index is -2.22. The molecule has 454 valence electrons. The number of aliphatic hydroxyl groups is 2. The molecule has 4 aliphatic heterocycles. The second-order valence-electron chi connectivity index (χ2n) is 21.5. The molecule has 1 fully saturated rings. The molecule has 5 aromatic carbocycles. The van der Waals surface area contributed by atoms with Crippen molar-refractivity contribution in [3.63, 3.8) is 0 Å². The molecular weight excluding hydrogens is 1110 g/mol. The van der Waals surface area contributed by atoms with Crippen LogP contribution in [0.3, 0.4) is 0 Å². The molecule has 9 rings (SSSR count). The van der Waals surface area contributed by atoms with Crippen LogP contribution in [-0.2, 0) is 42.7 Å². The summed E-state index contributed by atoms with van der Waals surface area (Å²) < 4.78 is 47.9. The van der Waals surface area contributed by atoms with Gasteiger partial charge in [-0.1, -0.05) is 101 Å². The van der Waals surface area contributed by atoms with Gasteiger partial charge in [-0.3, -0.25) is 19.8 Å². The molecule has 22 heteroatoms. The molecule has 5 bridgehead atoms. The third-order valence-corrected chi connectivity index (χ3v) is 15.6. The van der Waals surface area contributed by atoms with Crippen LogP contribution in [0.25, 0.3) is 10.8 Å². The second-order valence-corrected chi connectivity index (χ2v) is 21.5. The summed E-state index contributed by atoms with van der Waals surface area (Å²) in [5, 5.41) is 66.1. The summed E-state index contributed by atoms with van der Waals surface area (Å²) in [6.07, 6.45) is -2.25. The molecule has 0 saturated carbocycles. The first-order valence-electron chi connectivity index (χ1n) is 27.7. The number of aliphatic hydroxyl groups excluding tert-OH is 2. The smallest absolute Gasteiger partial charge is 0.338 e. The number of carbonyl (C=O) groups is 6. The average molecular weight is 1180 g/mol. The molecule has 7 N–H and O–H groups in total. The van der Waals surface area contributed by atoms with E-state index in [4.69, 9.17) is 37.9 Å². The quantitative estimate of drug-likeness (QED) is 0.0157. The van der Waals surface area contributed by atoms with Gasteiger partial charge in [-0.05, 0) is 56.3 Å². The van der Waals surface area contributed by atoms with E-state index in [9.17, 15) is 54.3 Å². The number of hydrogen-bond donors (Lipinski definition) is 7. The first kappa shape index (κ1) is 62.9. The van der Waals surface area contributed by atoms with Gasteiger partial charge in [0.2, 0.25) is 0 Å². The van der Waals surface area contributed by atoms with Gasteiger partial charge in [-0.15, -0.1) is 0 Å². The van der Waals surface area contributed by atoms with E-state index in [2.05, 4.69) is 15.8 Å². The van der Waals surface area contributed by atoms with Crippen molar-refractivity contribution in [3.05, 3.63) is 161 Å². The number of hydrogen-bond acceptors (Lipinski definition) is 21. The van der Waals surface area contributed by atoms with Crippen molar-refractivity contribution in [2.24, 2.45) is 28.8 Å². The number of phenols is 3. The number of anilines is 1. The lowest BCUT2D eigenvalue weighted by atomic mass is 9.78. The van der Waals surface area contributed by atoms with E-state index in [1.54, 1.807) is 88.4 Å². The Morgan fingerprint density at radius 3 is 1.88 bits per heavy atom. The van der Waals surface area contributed by atoms with E-state index >= 15 is 0 Å². The number of fused-ring (bicyclic) bond motifs is 14. The van der Waals surface area contributed by atoms with Crippen molar-refractivity contribution in [1.82, 2.24) is 5.43 Å². The van der Waals surface area contributed by atoms with Crippen LogP contribution in [0.1, 0.15) is 101 Å². The number of nitrogens with zero attached hydrogens (tertiary/aromatic N) is 1. The zero-order valence-corrected chi connectivity index (χ0v) is 48.7. The number of ether oxygens (including phenoxy) is 8. The molecule has 86 heavy (non-hydrogen) atoms. The highest BCUT2D eigenvalue weighted by Gasteiger charge is 2.52. The SMILES string of the molecule is CO[C@H]1/C=C/O[C@@]2(C)Oc3c(C)c(O)c4c(O)c(c(/C=N\NC5OC(COC(=O)c6ccccc6)C(OC(=O)c6ccccc6)C5OC(=O)c5ccccc5)c(O)c4c3C2=O)NC(=O)/C(C)=C\C=C\[C@@H](C)[C@H](O)[C@@H](C)[C@@H](O)[C@@H](C)[C@H](OC(C)=O)[C@@H]1C. The molecule has 0 spiro atoms. The summed E-state index contributed by atoms with van der Waals surface area (Å²) in [6.45, 7) is 11.5. The molecule has 4 aliphatic rings. The van der Waals surface area contributed by atoms with E-state index in [0.29, 0.717) is 0 Å². The van der Waals surface area contributed by atoms with Gasteiger partial charge in [-0.2, -0.15) is 5.10 Å². The Morgan fingerprint density at radius 2 is 1.30 bits per heavy atom. The lowest BCUT2D eigenvalue weighted by Gasteiger charge is -2.38. The van der Waals surface area contributed by atoms with Gasteiger partial charge in [0.05, 0.1) is 69.7 Å². The summed E-state index contributed by atoms with van der Waals surface area (Å²) in [4.78, 5) is 82.7. The van der Waals surface area contributed by atoms with Crippen molar-refractivity contribution in [2.75, 3.05) is 19.0 Å². The van der Waals surface area contributed by atoms with E-state index in [-0.39, 0.29) is 39.1 Å². The number of phenolic OH excluding ortho intramolecular Hbond substituents is 3. The third kappa shape index (κ3) is 13.2. The first-order valence-corrected chi connectivity index (χ1v) is 27.7. The van der Waals surface area contributed by atoms with Crippen molar-refractivity contribution in [3.8, 4) is 23.0 Å². The number of methoxy groups -OCH3 is 1. The van der Waals surface area contributed by atoms with E-state index < -0.39 is 160 Å². The molecule has 0 radical (unpaired) electrons. The number of allylic oxidation sites excluding steroid dienone is 2. The van der Waals surface area contributed by atoms with Gasteiger partial charge in [0.1, 0.15) is 36.1 Å². The fraction of sp³-hybridized carbons (Fsp3) is 0.359. The standard InChI is InChI=1S/C64H69N3O19/c1-32-20-19-21-33(2)59(75)66-48-42(30-65-67-60-57(85-63(78)41-26-17-12-18-27-41)56(84-62(77)40-24-15-11-16-25-40)44(83-60)31-80-61(76)39-22-13-10-14-23-39)52(72)45-46(53(48)73)51(71)37(6)55-47(45)58(74)64(8,86-55)81-29-28-43(79-9)34(3)54(82-38(7)68)36(5)50(70)35(4)49(32)69/h10-30,32,34-36,43-44,49-50,54,56-57,60,67,69-73H,31H2,1-9H3,(H,66,75)/b20-19+,29-28+,33-21-,65-30-/t32-,34-,35-,36-,43+,44?,49+,50-,54-,56?,57?,60?,64+/m1/s1. The number of Topliss-reactive ketones (excluding diaryl/α,β-unsaturated/α-hetero) is 1. The van der Waals surface area contributed by atoms with Crippen molar-refractivity contribution in [2.45, 2.75) is 110 Å². The molecule has 4 unspecified atom stereocenters. The topological polar surface area (TPSA) is 314 Å². The summed E-state index contributed by atoms with van der Waals surface area (Å²) in [6, 6.07) is 23.8. The average Bonchev–Trinajstić information content (AvgIpc) is 1.46. The number of rotatable bonds is 12. The van der Waals surface area contributed by atoms with Crippen molar-refractivity contribution >= 4 is 58.2 Å². The maximum absolute atomic E-state index is 14.9. The van der Waals surface area contributed by atoms with Crippen LogP contribution >= 0.6 is 0 Å². The predicted molar refractivity (Wildman–Crippen MR) is 311 cm³/mol. The Labute approximate surface area is 495 Å². The minimum Gasteiger partial charge on any atom is -0.507 e. The third-order valence-electron chi connectivity index (χ3n) is 15.6. The molecule has 4 heterocycles. The highest BCUT2D eigenvalue weighted by molar-refractivity contribution is 6.24. The Hall–Kier alpha value is -9.09. The van der Waals surface area contributed by atoms with Crippen LogP contribution < -0.4 is 15.5 Å². The lowest BCUT2D eigenvalue weighted by Crippen LogP contribution is -2.46. The summed E-state index contributed by atoms with van der Waals surface area (Å²) in [5.41, 5.74) is 1.69. The first-order chi connectivity index (χ1) is 41.0. The molecule has 1 saturated heterocycles. The monoisotopic (exact) mass is 1180 g/mol. The van der Waals surface area contributed by atoms with Crippen LogP contribution in [-0.4, -0.2) is 136 Å². The van der Waals surface area contributed by atoms with Gasteiger partial charge in [0.15, 0.2) is 24.2 Å². The fourth-order valence-electron chi connectivity index (χ4n) is 10.6. The largest absolute Gasteiger partial charge is 0.507 e. The highest BCUT2D eigenvalue weighted by atomic mass is 16.7. The molecule has 0 aromatic heterocycles. The zero-order chi connectivity index (χ0) is 62.3. The van der Waals surface area contributed by atoms with Crippen molar-refractivity contribution in [1.29, 1.82) is 0 Å². The molecular formula is C64H69N3O19. The number of carbonyl (C=O) groups excluding carboxylic acids is 6. The van der Waals surface area contributed by atoms with Crippen LogP contribution in [0, 0.1) is 30.6 Å². The zero-order valence-electron chi connectivity index (χ0n) is 48.7. The second kappa shape index (κ2) is 26.9.